The van der Waals surface area contributed by atoms with Crippen molar-refractivity contribution in [3.63, 3.8) is 0 Å². The van der Waals surface area contributed by atoms with Gasteiger partial charge in [0.2, 0.25) is 0 Å². The monoisotopic (exact) mass is 272 g/mol. The van der Waals surface area contributed by atoms with Gasteiger partial charge in [-0.3, -0.25) is 4.79 Å². The van der Waals surface area contributed by atoms with E-state index in [-0.39, 0.29) is 23.2 Å². The Labute approximate surface area is 117 Å². The second-order valence-electron chi connectivity index (χ2n) is 4.79. The van der Waals surface area contributed by atoms with E-state index in [9.17, 15) is 9.18 Å². The van der Waals surface area contributed by atoms with Crippen molar-refractivity contribution in [3.8, 4) is 0 Å². The molecule has 0 heterocycles. The lowest BCUT2D eigenvalue weighted by Crippen LogP contribution is -2.27. The van der Waals surface area contributed by atoms with Gasteiger partial charge in [0.15, 0.2) is 0 Å². The number of aryl methyl sites for hydroxylation is 1. The van der Waals surface area contributed by atoms with Gasteiger partial charge in [-0.05, 0) is 37.1 Å². The standard InChI is InChI=1S/C16H17FN2O/c1-10-8-15(18)13(9-14(10)17)16(20)19-11(2)12-6-4-3-5-7-12/h3-9,11H,18H2,1-2H3,(H,19,20)/t11-/m0/s1. The lowest BCUT2D eigenvalue weighted by Gasteiger charge is -2.15. The Morgan fingerprint density at radius 1 is 1.25 bits per heavy atom. The van der Waals surface area contributed by atoms with Crippen LogP contribution in [0.3, 0.4) is 0 Å². The number of halogens is 1. The van der Waals surface area contributed by atoms with Gasteiger partial charge in [-0.2, -0.15) is 0 Å². The molecular weight excluding hydrogens is 255 g/mol. The zero-order valence-corrected chi connectivity index (χ0v) is 11.5. The highest BCUT2D eigenvalue weighted by Crippen LogP contribution is 2.19. The van der Waals surface area contributed by atoms with Gasteiger partial charge in [0.1, 0.15) is 5.82 Å². The van der Waals surface area contributed by atoms with E-state index < -0.39 is 5.82 Å². The fourth-order valence-corrected chi connectivity index (χ4v) is 2.00. The summed E-state index contributed by atoms with van der Waals surface area (Å²) in [6.07, 6.45) is 0. The summed E-state index contributed by atoms with van der Waals surface area (Å²) in [5.41, 5.74) is 7.63. The maximum atomic E-state index is 13.5. The smallest absolute Gasteiger partial charge is 0.253 e. The minimum atomic E-state index is -0.434. The molecular formula is C16H17FN2O. The van der Waals surface area contributed by atoms with Crippen LogP contribution in [0.25, 0.3) is 0 Å². The van der Waals surface area contributed by atoms with E-state index in [1.165, 1.54) is 12.1 Å². The number of carbonyl (C=O) groups excluding carboxylic acids is 1. The molecule has 0 bridgehead atoms. The minimum Gasteiger partial charge on any atom is -0.398 e. The highest BCUT2D eigenvalue weighted by Gasteiger charge is 2.15. The van der Waals surface area contributed by atoms with Gasteiger partial charge < -0.3 is 11.1 Å². The molecule has 2 aromatic rings. The van der Waals surface area contributed by atoms with Crippen molar-refractivity contribution >= 4 is 11.6 Å². The first-order valence-electron chi connectivity index (χ1n) is 6.40. The summed E-state index contributed by atoms with van der Waals surface area (Å²) in [5.74, 6) is -0.811. The first kappa shape index (κ1) is 14.1. The number of benzene rings is 2. The molecule has 0 fully saturated rings. The summed E-state index contributed by atoms with van der Waals surface area (Å²) in [5, 5.41) is 2.81. The Balaban J connectivity index is 2.19. The number of amides is 1. The molecule has 0 radical (unpaired) electrons. The van der Waals surface area contributed by atoms with Crippen molar-refractivity contribution in [1.82, 2.24) is 5.32 Å². The highest BCUT2D eigenvalue weighted by atomic mass is 19.1. The van der Waals surface area contributed by atoms with Gasteiger partial charge in [0.05, 0.1) is 11.6 Å². The van der Waals surface area contributed by atoms with Crippen LogP contribution in [0.5, 0.6) is 0 Å². The largest absolute Gasteiger partial charge is 0.398 e. The molecule has 20 heavy (non-hydrogen) atoms. The molecule has 0 aromatic heterocycles. The Morgan fingerprint density at radius 3 is 2.55 bits per heavy atom. The zero-order valence-electron chi connectivity index (χ0n) is 11.5. The van der Waals surface area contributed by atoms with Crippen LogP contribution in [-0.4, -0.2) is 5.91 Å². The van der Waals surface area contributed by atoms with Crippen LogP contribution in [0, 0.1) is 12.7 Å². The van der Waals surface area contributed by atoms with E-state index in [2.05, 4.69) is 5.32 Å². The summed E-state index contributed by atoms with van der Waals surface area (Å²) in [7, 11) is 0. The van der Waals surface area contributed by atoms with Crippen molar-refractivity contribution < 1.29 is 9.18 Å². The SMILES string of the molecule is Cc1cc(N)c(C(=O)N[C@@H](C)c2ccccc2)cc1F. The van der Waals surface area contributed by atoms with Crippen LogP contribution in [0.15, 0.2) is 42.5 Å². The number of hydrogen-bond acceptors (Lipinski definition) is 2. The van der Waals surface area contributed by atoms with Crippen molar-refractivity contribution in [2.75, 3.05) is 5.73 Å². The molecule has 0 aliphatic carbocycles. The molecule has 3 nitrogen and oxygen atoms in total. The normalized spacial score (nSPS) is 11.9. The lowest BCUT2D eigenvalue weighted by molar-refractivity contribution is 0.0940. The van der Waals surface area contributed by atoms with Crippen molar-refractivity contribution in [2.45, 2.75) is 19.9 Å². The fourth-order valence-electron chi connectivity index (χ4n) is 2.00. The second-order valence-corrected chi connectivity index (χ2v) is 4.79. The molecule has 0 saturated heterocycles. The number of carbonyl (C=O) groups is 1. The van der Waals surface area contributed by atoms with E-state index in [1.54, 1.807) is 6.92 Å². The first-order chi connectivity index (χ1) is 9.49. The fraction of sp³-hybridized carbons (Fsp3) is 0.188. The zero-order chi connectivity index (χ0) is 14.7. The van der Waals surface area contributed by atoms with Crippen LogP contribution in [-0.2, 0) is 0 Å². The predicted octanol–water partition coefficient (Wildman–Crippen LogP) is 3.21. The maximum absolute atomic E-state index is 13.5. The van der Waals surface area contributed by atoms with E-state index >= 15 is 0 Å². The summed E-state index contributed by atoms with van der Waals surface area (Å²) < 4.78 is 13.5. The minimum absolute atomic E-state index is 0.163. The van der Waals surface area contributed by atoms with E-state index in [1.807, 2.05) is 37.3 Å². The number of nitrogen functional groups attached to an aromatic ring is 1. The van der Waals surface area contributed by atoms with Crippen LogP contribution in [0.2, 0.25) is 0 Å². The van der Waals surface area contributed by atoms with E-state index in [0.29, 0.717) is 5.56 Å². The molecule has 1 amide bonds. The van der Waals surface area contributed by atoms with Gasteiger partial charge in [0.25, 0.3) is 5.91 Å². The topological polar surface area (TPSA) is 55.1 Å². The van der Waals surface area contributed by atoms with Crippen molar-refractivity contribution in [2.24, 2.45) is 0 Å². The molecule has 1 atom stereocenters. The molecule has 0 saturated carbocycles. The molecule has 0 spiro atoms. The third-order valence-electron chi connectivity index (χ3n) is 3.22. The number of rotatable bonds is 3. The molecule has 0 aliphatic rings. The molecule has 2 rings (SSSR count). The Kier molecular flexibility index (Phi) is 4.03. The Hall–Kier alpha value is -2.36. The van der Waals surface area contributed by atoms with Crippen molar-refractivity contribution in [1.29, 1.82) is 0 Å². The maximum Gasteiger partial charge on any atom is 0.253 e. The first-order valence-corrected chi connectivity index (χ1v) is 6.40. The third kappa shape index (κ3) is 2.96. The highest BCUT2D eigenvalue weighted by molar-refractivity contribution is 5.99. The molecule has 104 valence electrons. The molecule has 0 aliphatic heterocycles. The predicted molar refractivity (Wildman–Crippen MR) is 77.9 cm³/mol. The summed E-state index contributed by atoms with van der Waals surface area (Å²) >= 11 is 0. The van der Waals surface area contributed by atoms with Gasteiger partial charge >= 0.3 is 0 Å². The lowest BCUT2D eigenvalue weighted by atomic mass is 10.1. The number of hydrogen-bond donors (Lipinski definition) is 2. The van der Waals surface area contributed by atoms with Crippen LogP contribution >= 0.6 is 0 Å². The average Bonchev–Trinajstić information content (AvgIpc) is 2.43. The Morgan fingerprint density at radius 2 is 1.90 bits per heavy atom. The van der Waals surface area contributed by atoms with Gasteiger partial charge in [-0.1, -0.05) is 30.3 Å². The number of nitrogens with one attached hydrogen (secondary N) is 1. The summed E-state index contributed by atoms with van der Waals surface area (Å²) in [6, 6.07) is 12.0. The van der Waals surface area contributed by atoms with Gasteiger partial charge in [-0.25, -0.2) is 4.39 Å². The molecule has 3 N–H and O–H groups in total. The molecule has 0 unspecified atom stereocenters. The Bertz CT molecular complexity index is 626. The van der Waals surface area contributed by atoms with Crippen LogP contribution in [0.1, 0.15) is 34.5 Å². The summed E-state index contributed by atoms with van der Waals surface area (Å²) in [6.45, 7) is 3.48. The second kappa shape index (κ2) is 5.74. The third-order valence-corrected chi connectivity index (χ3v) is 3.22. The quantitative estimate of drug-likeness (QED) is 0.843. The summed E-state index contributed by atoms with van der Waals surface area (Å²) in [4.78, 5) is 12.2. The van der Waals surface area contributed by atoms with E-state index in [0.717, 1.165) is 5.56 Å². The van der Waals surface area contributed by atoms with Gasteiger partial charge in [0, 0.05) is 5.69 Å². The van der Waals surface area contributed by atoms with Crippen LogP contribution < -0.4 is 11.1 Å². The van der Waals surface area contributed by atoms with Crippen molar-refractivity contribution in [3.05, 3.63) is 65.0 Å². The van der Waals surface area contributed by atoms with E-state index in [4.69, 9.17) is 5.73 Å². The molecule has 4 heteroatoms. The average molecular weight is 272 g/mol. The number of anilines is 1. The van der Waals surface area contributed by atoms with Gasteiger partial charge in [-0.15, -0.1) is 0 Å². The van der Waals surface area contributed by atoms with Crippen LogP contribution in [0.4, 0.5) is 10.1 Å². The number of nitrogens with two attached hydrogens (primary N) is 1. The molecule has 2 aromatic carbocycles.